The second-order valence-electron chi connectivity index (χ2n) is 5.04. The maximum atomic E-state index is 5.62. The molecule has 2 rings (SSSR count). The van der Waals surface area contributed by atoms with Gasteiger partial charge in [-0.1, -0.05) is 0 Å². The van der Waals surface area contributed by atoms with Crippen LogP contribution in [-0.4, -0.2) is 28.2 Å². The van der Waals surface area contributed by atoms with E-state index in [1.165, 1.54) is 0 Å². The third kappa shape index (κ3) is 2.26. The number of aromatic nitrogens is 2. The van der Waals surface area contributed by atoms with Crippen LogP contribution in [0.4, 0.5) is 11.6 Å². The number of rotatable bonds is 3. The van der Waals surface area contributed by atoms with Gasteiger partial charge in [-0.15, -0.1) is 0 Å². The van der Waals surface area contributed by atoms with E-state index in [1.807, 2.05) is 13.8 Å². The molecule has 1 aromatic heterocycles. The van der Waals surface area contributed by atoms with E-state index in [1.54, 1.807) is 0 Å². The van der Waals surface area contributed by atoms with E-state index in [9.17, 15) is 0 Å². The first-order valence-electron chi connectivity index (χ1n) is 6.18. The summed E-state index contributed by atoms with van der Waals surface area (Å²) in [5, 5.41) is 3.48. The van der Waals surface area contributed by atoms with Gasteiger partial charge in [-0.2, -0.15) is 0 Å². The van der Waals surface area contributed by atoms with Gasteiger partial charge < -0.3 is 15.5 Å². The molecule has 18 heavy (non-hydrogen) atoms. The van der Waals surface area contributed by atoms with Gasteiger partial charge in [0.2, 0.25) is 0 Å². The quantitative estimate of drug-likeness (QED) is 0.555. The second-order valence-corrected chi connectivity index (χ2v) is 5.04. The van der Waals surface area contributed by atoms with Gasteiger partial charge in [-0.05, 0) is 34.1 Å². The summed E-state index contributed by atoms with van der Waals surface area (Å²) < 4.78 is 5.62. The Morgan fingerprint density at radius 2 is 2.00 bits per heavy atom. The third-order valence-electron chi connectivity index (χ3n) is 3.68. The molecule has 0 saturated carbocycles. The average molecular weight is 251 g/mol. The molecule has 0 spiro atoms. The molecule has 1 aliphatic heterocycles. The van der Waals surface area contributed by atoms with Crippen molar-refractivity contribution < 1.29 is 4.74 Å². The molecule has 0 aromatic carbocycles. The summed E-state index contributed by atoms with van der Waals surface area (Å²) in [6.07, 6.45) is 1.11. The van der Waals surface area contributed by atoms with Crippen molar-refractivity contribution in [3.05, 3.63) is 11.4 Å². The van der Waals surface area contributed by atoms with Crippen LogP contribution >= 0.6 is 0 Å². The molecule has 0 radical (unpaired) electrons. The summed E-state index contributed by atoms with van der Waals surface area (Å²) in [4.78, 5) is 8.70. The lowest BCUT2D eigenvalue weighted by atomic mass is 9.94. The fourth-order valence-electron chi connectivity index (χ4n) is 2.16. The van der Waals surface area contributed by atoms with Crippen molar-refractivity contribution in [2.24, 2.45) is 5.84 Å². The molecule has 0 aliphatic carbocycles. The molecule has 1 saturated heterocycles. The standard InChI is InChI=1S/C12H21N5O/c1-7-10(14-9(3)15-11(7)17-13)16-12(4)5-6-18-8(12)2/h8H,5-6,13H2,1-4H3,(H2,14,15,16,17). The van der Waals surface area contributed by atoms with Crippen molar-refractivity contribution >= 4 is 11.6 Å². The van der Waals surface area contributed by atoms with Crippen LogP contribution < -0.4 is 16.6 Å². The Bertz CT molecular complexity index is 450. The Kier molecular flexibility index (Phi) is 3.41. The van der Waals surface area contributed by atoms with Gasteiger partial charge >= 0.3 is 0 Å². The predicted molar refractivity (Wildman–Crippen MR) is 71.4 cm³/mol. The molecule has 0 amide bonds. The lowest BCUT2D eigenvalue weighted by Gasteiger charge is -2.30. The Hall–Kier alpha value is -1.40. The summed E-state index contributed by atoms with van der Waals surface area (Å²) in [5.74, 6) is 7.62. The van der Waals surface area contributed by atoms with Gasteiger partial charge in [0.15, 0.2) is 0 Å². The lowest BCUT2D eigenvalue weighted by Crippen LogP contribution is -2.41. The van der Waals surface area contributed by atoms with E-state index in [-0.39, 0.29) is 11.6 Å². The number of aryl methyl sites for hydroxylation is 1. The van der Waals surface area contributed by atoms with Crippen LogP contribution in [0.1, 0.15) is 31.7 Å². The van der Waals surface area contributed by atoms with Crippen LogP contribution in [-0.2, 0) is 4.74 Å². The van der Waals surface area contributed by atoms with Gasteiger partial charge in [0.1, 0.15) is 17.5 Å². The van der Waals surface area contributed by atoms with Gasteiger partial charge in [0.05, 0.1) is 11.6 Å². The first-order valence-corrected chi connectivity index (χ1v) is 6.18. The number of nitrogens with two attached hydrogens (primary N) is 1. The number of ether oxygens (including phenoxy) is 1. The zero-order valence-electron chi connectivity index (χ0n) is 11.4. The number of hydrazine groups is 1. The molecular formula is C12H21N5O. The highest BCUT2D eigenvalue weighted by Gasteiger charge is 2.37. The van der Waals surface area contributed by atoms with Crippen LogP contribution in [0, 0.1) is 13.8 Å². The Morgan fingerprint density at radius 1 is 1.33 bits per heavy atom. The highest BCUT2D eigenvalue weighted by Crippen LogP contribution is 2.31. The molecule has 1 aromatic rings. The van der Waals surface area contributed by atoms with Crippen molar-refractivity contribution in [2.45, 2.75) is 45.8 Å². The van der Waals surface area contributed by atoms with Crippen molar-refractivity contribution in [1.82, 2.24) is 9.97 Å². The molecule has 6 heteroatoms. The highest BCUT2D eigenvalue weighted by atomic mass is 16.5. The number of hydrogen-bond donors (Lipinski definition) is 3. The van der Waals surface area contributed by atoms with Crippen molar-refractivity contribution in [3.8, 4) is 0 Å². The topological polar surface area (TPSA) is 85.1 Å². The average Bonchev–Trinajstić information content (AvgIpc) is 2.64. The van der Waals surface area contributed by atoms with Crippen molar-refractivity contribution in [3.63, 3.8) is 0 Å². The lowest BCUT2D eigenvalue weighted by molar-refractivity contribution is 0.105. The largest absolute Gasteiger partial charge is 0.376 e. The SMILES string of the molecule is Cc1nc(NN)c(C)c(NC2(C)CCOC2C)n1. The fraction of sp³-hybridized carbons (Fsp3) is 0.667. The molecule has 6 nitrogen and oxygen atoms in total. The van der Waals surface area contributed by atoms with Crippen LogP contribution in [0.2, 0.25) is 0 Å². The highest BCUT2D eigenvalue weighted by molar-refractivity contribution is 5.57. The first kappa shape index (κ1) is 13.0. The minimum absolute atomic E-state index is 0.0998. The Morgan fingerprint density at radius 3 is 2.56 bits per heavy atom. The molecule has 100 valence electrons. The third-order valence-corrected chi connectivity index (χ3v) is 3.68. The monoisotopic (exact) mass is 251 g/mol. The summed E-state index contributed by atoms with van der Waals surface area (Å²) in [6.45, 7) is 8.79. The van der Waals surface area contributed by atoms with Gasteiger partial charge in [0, 0.05) is 12.2 Å². The molecule has 2 heterocycles. The Balaban J connectivity index is 2.31. The van der Waals surface area contributed by atoms with E-state index < -0.39 is 0 Å². The van der Waals surface area contributed by atoms with E-state index >= 15 is 0 Å². The molecule has 2 unspecified atom stereocenters. The number of anilines is 2. The number of hydrogen-bond acceptors (Lipinski definition) is 6. The van der Waals surface area contributed by atoms with E-state index in [4.69, 9.17) is 10.6 Å². The van der Waals surface area contributed by atoms with Gasteiger partial charge in [-0.25, -0.2) is 15.8 Å². The molecule has 1 aliphatic rings. The smallest absolute Gasteiger partial charge is 0.148 e. The fourth-order valence-corrected chi connectivity index (χ4v) is 2.16. The number of nitrogens with one attached hydrogen (secondary N) is 2. The summed E-state index contributed by atoms with van der Waals surface area (Å²) >= 11 is 0. The molecule has 2 atom stereocenters. The zero-order valence-corrected chi connectivity index (χ0v) is 11.4. The van der Waals surface area contributed by atoms with Crippen LogP contribution in [0.5, 0.6) is 0 Å². The molecular weight excluding hydrogens is 230 g/mol. The van der Waals surface area contributed by atoms with Crippen LogP contribution in [0.3, 0.4) is 0 Å². The second kappa shape index (κ2) is 4.70. The minimum Gasteiger partial charge on any atom is -0.376 e. The van der Waals surface area contributed by atoms with E-state index in [0.717, 1.165) is 24.4 Å². The molecule has 1 fully saturated rings. The minimum atomic E-state index is -0.0998. The summed E-state index contributed by atoms with van der Waals surface area (Å²) in [5.41, 5.74) is 3.42. The molecule has 0 bridgehead atoms. The normalized spacial score (nSPS) is 27.3. The summed E-state index contributed by atoms with van der Waals surface area (Å²) in [6, 6.07) is 0. The maximum Gasteiger partial charge on any atom is 0.148 e. The number of nitrogen functional groups attached to an aromatic ring is 1. The maximum absolute atomic E-state index is 5.62. The van der Waals surface area contributed by atoms with Crippen molar-refractivity contribution in [1.29, 1.82) is 0 Å². The van der Waals surface area contributed by atoms with Crippen LogP contribution in [0.15, 0.2) is 0 Å². The van der Waals surface area contributed by atoms with Crippen molar-refractivity contribution in [2.75, 3.05) is 17.3 Å². The van der Waals surface area contributed by atoms with Gasteiger partial charge in [0.25, 0.3) is 0 Å². The summed E-state index contributed by atoms with van der Waals surface area (Å²) in [7, 11) is 0. The van der Waals surface area contributed by atoms with Gasteiger partial charge in [-0.3, -0.25) is 0 Å². The van der Waals surface area contributed by atoms with E-state index in [2.05, 4.69) is 34.6 Å². The molecule has 4 N–H and O–H groups in total. The first-order chi connectivity index (χ1) is 8.46. The zero-order chi connectivity index (χ0) is 13.3. The number of nitrogens with zero attached hydrogens (tertiary/aromatic N) is 2. The van der Waals surface area contributed by atoms with E-state index in [0.29, 0.717) is 11.6 Å². The van der Waals surface area contributed by atoms with Crippen LogP contribution in [0.25, 0.3) is 0 Å². The Labute approximate surface area is 107 Å². The predicted octanol–water partition coefficient (Wildman–Crippen LogP) is 1.36.